The van der Waals surface area contributed by atoms with Crippen LogP contribution in [0.5, 0.6) is 0 Å². The molecule has 2 aromatic rings. The minimum atomic E-state index is -3.63. The molecule has 0 aromatic heterocycles. The molecule has 9 heteroatoms. The van der Waals surface area contributed by atoms with Crippen molar-refractivity contribution < 1.29 is 13.2 Å². The van der Waals surface area contributed by atoms with Crippen LogP contribution in [-0.2, 0) is 14.8 Å². The standard InChI is InChI=1S/C22H27ClN4O3S/c23-19-7-5-18-14-20(8-6-17(18)13-19)31(29,30)27-11-9-26(10-12-27)22(28)16-3-1-15(2-4-16)21(24)25/h5-8,13-16H,1-4,9-12H2,(H3,24,25). The number of carbonyl (C=O) groups is 1. The molecule has 1 saturated heterocycles. The number of amides is 1. The fraction of sp³-hybridized carbons (Fsp3) is 0.455. The van der Waals surface area contributed by atoms with Gasteiger partial charge in [0.05, 0.1) is 10.7 Å². The number of amidine groups is 1. The first-order valence-corrected chi connectivity index (χ1v) is 12.4. The van der Waals surface area contributed by atoms with Crippen LogP contribution in [0, 0.1) is 17.2 Å². The smallest absolute Gasteiger partial charge is 0.243 e. The van der Waals surface area contributed by atoms with E-state index in [9.17, 15) is 13.2 Å². The van der Waals surface area contributed by atoms with E-state index in [2.05, 4.69) is 0 Å². The van der Waals surface area contributed by atoms with E-state index in [0.29, 0.717) is 18.1 Å². The van der Waals surface area contributed by atoms with Gasteiger partial charge in [-0.1, -0.05) is 23.7 Å². The average molecular weight is 463 g/mol. The molecule has 0 bridgehead atoms. The van der Waals surface area contributed by atoms with Gasteiger partial charge >= 0.3 is 0 Å². The van der Waals surface area contributed by atoms with Crippen molar-refractivity contribution in [3.05, 3.63) is 41.4 Å². The fourth-order valence-corrected chi connectivity index (χ4v) is 6.20. The minimum absolute atomic E-state index is 0.0499. The number of nitrogens with two attached hydrogens (primary N) is 1. The van der Waals surface area contributed by atoms with Crippen molar-refractivity contribution in [3.63, 3.8) is 0 Å². The molecular formula is C22H27ClN4O3S. The highest BCUT2D eigenvalue weighted by atomic mass is 35.5. The Hall–Kier alpha value is -2.16. The first-order chi connectivity index (χ1) is 14.8. The second kappa shape index (κ2) is 8.76. The highest BCUT2D eigenvalue weighted by Crippen LogP contribution is 2.31. The maximum Gasteiger partial charge on any atom is 0.243 e. The summed E-state index contributed by atoms with van der Waals surface area (Å²) < 4.78 is 27.7. The van der Waals surface area contributed by atoms with Crippen LogP contribution >= 0.6 is 11.6 Å². The summed E-state index contributed by atoms with van der Waals surface area (Å²) in [6.45, 7) is 1.37. The molecule has 2 fully saturated rings. The zero-order valence-electron chi connectivity index (χ0n) is 17.3. The highest BCUT2D eigenvalue weighted by Gasteiger charge is 2.34. The van der Waals surface area contributed by atoms with Crippen LogP contribution in [0.1, 0.15) is 25.7 Å². The van der Waals surface area contributed by atoms with Crippen molar-refractivity contribution in [2.24, 2.45) is 17.6 Å². The van der Waals surface area contributed by atoms with E-state index in [1.54, 1.807) is 29.2 Å². The summed E-state index contributed by atoms with van der Waals surface area (Å²) >= 11 is 6.01. The summed E-state index contributed by atoms with van der Waals surface area (Å²) in [5.41, 5.74) is 5.59. The normalized spacial score (nSPS) is 23.1. The molecule has 166 valence electrons. The number of sulfonamides is 1. The third-order valence-corrected chi connectivity index (χ3v) is 8.61. The number of carbonyl (C=O) groups excluding carboxylic acids is 1. The summed E-state index contributed by atoms with van der Waals surface area (Å²) in [5, 5.41) is 9.90. The van der Waals surface area contributed by atoms with Gasteiger partial charge in [-0.15, -0.1) is 0 Å². The zero-order chi connectivity index (χ0) is 22.2. The SMILES string of the molecule is N=C(N)C1CCC(C(=O)N2CCN(S(=O)(=O)c3ccc4cc(Cl)ccc4c3)CC2)CC1. The van der Waals surface area contributed by atoms with Crippen LogP contribution < -0.4 is 5.73 Å². The van der Waals surface area contributed by atoms with Crippen molar-refractivity contribution in [1.82, 2.24) is 9.21 Å². The Bertz CT molecular complexity index is 1100. The number of rotatable bonds is 4. The summed E-state index contributed by atoms with van der Waals surface area (Å²) in [6, 6.07) is 10.4. The van der Waals surface area contributed by atoms with Crippen LogP contribution in [0.15, 0.2) is 41.3 Å². The fourth-order valence-electron chi connectivity index (χ4n) is 4.56. The van der Waals surface area contributed by atoms with Crippen molar-refractivity contribution in [2.75, 3.05) is 26.2 Å². The van der Waals surface area contributed by atoms with Gasteiger partial charge in [0.15, 0.2) is 0 Å². The van der Waals surface area contributed by atoms with Gasteiger partial charge in [-0.3, -0.25) is 10.2 Å². The molecule has 1 aliphatic heterocycles. The van der Waals surface area contributed by atoms with Crippen LogP contribution in [0.2, 0.25) is 5.02 Å². The molecule has 2 aromatic carbocycles. The lowest BCUT2D eigenvalue weighted by atomic mass is 9.81. The van der Waals surface area contributed by atoms with Crippen molar-refractivity contribution in [1.29, 1.82) is 5.41 Å². The van der Waals surface area contributed by atoms with E-state index in [1.165, 1.54) is 4.31 Å². The lowest BCUT2D eigenvalue weighted by Gasteiger charge is -2.37. The number of nitrogens with zero attached hydrogens (tertiary/aromatic N) is 2. The summed E-state index contributed by atoms with van der Waals surface area (Å²) in [4.78, 5) is 14.9. The Morgan fingerprint density at radius 3 is 2.16 bits per heavy atom. The first-order valence-electron chi connectivity index (χ1n) is 10.6. The molecule has 1 amide bonds. The Morgan fingerprint density at radius 1 is 0.935 bits per heavy atom. The van der Waals surface area contributed by atoms with Crippen LogP contribution in [0.25, 0.3) is 10.8 Å². The molecule has 0 radical (unpaired) electrons. The molecule has 1 aliphatic carbocycles. The predicted octanol–water partition coefficient (Wildman–Crippen LogP) is 3.07. The molecule has 3 N–H and O–H groups in total. The maximum atomic E-state index is 13.1. The summed E-state index contributed by atoms with van der Waals surface area (Å²) in [6.07, 6.45) is 3.02. The highest BCUT2D eigenvalue weighted by molar-refractivity contribution is 7.89. The van der Waals surface area contributed by atoms with Gasteiger partial charge in [-0.25, -0.2) is 8.42 Å². The van der Waals surface area contributed by atoms with Gasteiger partial charge in [-0.2, -0.15) is 4.31 Å². The number of hydrogen-bond donors (Lipinski definition) is 2. The Labute approximate surface area is 187 Å². The van der Waals surface area contributed by atoms with E-state index in [4.69, 9.17) is 22.7 Å². The Morgan fingerprint density at radius 2 is 1.52 bits per heavy atom. The first kappa shape index (κ1) is 22.0. The number of hydrogen-bond acceptors (Lipinski definition) is 4. The van der Waals surface area contributed by atoms with Crippen LogP contribution in [0.3, 0.4) is 0 Å². The third kappa shape index (κ3) is 4.56. The molecule has 31 heavy (non-hydrogen) atoms. The topological polar surface area (TPSA) is 108 Å². The van der Waals surface area contributed by atoms with E-state index in [0.717, 1.165) is 36.5 Å². The van der Waals surface area contributed by atoms with E-state index >= 15 is 0 Å². The van der Waals surface area contributed by atoms with E-state index < -0.39 is 10.0 Å². The Balaban J connectivity index is 1.39. The predicted molar refractivity (Wildman–Crippen MR) is 122 cm³/mol. The number of nitrogens with one attached hydrogen (secondary N) is 1. The van der Waals surface area contributed by atoms with Crippen molar-refractivity contribution in [2.45, 2.75) is 30.6 Å². The molecule has 0 atom stereocenters. The molecular weight excluding hydrogens is 436 g/mol. The van der Waals surface area contributed by atoms with Gasteiger partial charge in [0, 0.05) is 43.0 Å². The lowest BCUT2D eigenvalue weighted by molar-refractivity contribution is -0.137. The molecule has 2 aliphatic rings. The largest absolute Gasteiger partial charge is 0.387 e. The molecule has 1 heterocycles. The van der Waals surface area contributed by atoms with E-state index in [-0.39, 0.29) is 41.6 Å². The monoisotopic (exact) mass is 462 g/mol. The summed E-state index contributed by atoms with van der Waals surface area (Å²) in [7, 11) is -3.63. The van der Waals surface area contributed by atoms with Gasteiger partial charge in [0.1, 0.15) is 0 Å². The van der Waals surface area contributed by atoms with Gasteiger partial charge in [-0.05, 0) is 60.7 Å². The van der Waals surface area contributed by atoms with Crippen LogP contribution in [0.4, 0.5) is 0 Å². The second-order valence-electron chi connectivity index (χ2n) is 8.39. The van der Waals surface area contributed by atoms with Crippen molar-refractivity contribution >= 4 is 44.1 Å². The number of halogens is 1. The minimum Gasteiger partial charge on any atom is -0.387 e. The lowest BCUT2D eigenvalue weighted by Crippen LogP contribution is -2.52. The van der Waals surface area contributed by atoms with Crippen molar-refractivity contribution in [3.8, 4) is 0 Å². The molecule has 1 saturated carbocycles. The molecule has 0 unspecified atom stereocenters. The molecule has 7 nitrogen and oxygen atoms in total. The van der Waals surface area contributed by atoms with E-state index in [1.807, 2.05) is 12.1 Å². The average Bonchev–Trinajstić information content (AvgIpc) is 2.78. The molecule has 0 spiro atoms. The number of piperazine rings is 1. The maximum absolute atomic E-state index is 13.1. The Kier molecular flexibility index (Phi) is 6.23. The van der Waals surface area contributed by atoms with Gasteiger partial charge in [0.25, 0.3) is 0 Å². The third-order valence-electron chi connectivity index (χ3n) is 6.48. The number of fused-ring (bicyclic) bond motifs is 1. The van der Waals surface area contributed by atoms with Crippen LogP contribution in [-0.4, -0.2) is 55.5 Å². The van der Waals surface area contributed by atoms with Gasteiger partial charge < -0.3 is 10.6 Å². The zero-order valence-corrected chi connectivity index (χ0v) is 18.8. The molecule has 4 rings (SSSR count). The number of benzene rings is 2. The quantitative estimate of drug-likeness (QED) is 0.537. The summed E-state index contributed by atoms with van der Waals surface area (Å²) in [5.74, 6) is 0.346. The second-order valence-corrected chi connectivity index (χ2v) is 10.8. The van der Waals surface area contributed by atoms with Gasteiger partial charge in [0.2, 0.25) is 15.9 Å².